The molecule has 0 atom stereocenters. The van der Waals surface area contributed by atoms with Crippen molar-refractivity contribution < 1.29 is 14.9 Å². The maximum absolute atomic E-state index is 11.0. The first-order chi connectivity index (χ1) is 7.69. The van der Waals surface area contributed by atoms with Crippen molar-refractivity contribution in [3.63, 3.8) is 0 Å². The minimum absolute atomic E-state index is 0.0199. The van der Waals surface area contributed by atoms with Crippen LogP contribution in [0.25, 0.3) is 0 Å². The fourth-order valence-corrected chi connectivity index (χ4v) is 1.15. The Kier molecular flexibility index (Phi) is 3.19. The molecular weight excluding hydrogens is 210 g/mol. The Morgan fingerprint density at radius 2 is 1.75 bits per heavy atom. The zero-order chi connectivity index (χ0) is 12.1. The molecule has 0 saturated carbocycles. The second-order valence-electron chi connectivity index (χ2n) is 2.62. The summed E-state index contributed by atoms with van der Waals surface area (Å²) in [6.07, 6.45) is 0. The van der Waals surface area contributed by atoms with Crippen LogP contribution in [0.15, 0.2) is 12.1 Å². The van der Waals surface area contributed by atoms with Crippen molar-refractivity contribution in [2.45, 2.75) is 0 Å². The number of rotatable bonds is 1. The number of hydrogen-bond donors (Lipinski definition) is 1. The molecule has 0 saturated heterocycles. The van der Waals surface area contributed by atoms with Gasteiger partial charge in [-0.25, -0.2) is 4.79 Å². The Hall–Kier alpha value is -2.88. The third-order valence-electron chi connectivity index (χ3n) is 1.85. The van der Waals surface area contributed by atoms with Crippen molar-refractivity contribution in [2.24, 2.45) is 0 Å². The van der Waals surface area contributed by atoms with Crippen LogP contribution in [0.2, 0.25) is 0 Å². The van der Waals surface area contributed by atoms with E-state index in [0.717, 1.165) is 6.07 Å². The van der Waals surface area contributed by atoms with Gasteiger partial charge in [-0.1, -0.05) is 0 Å². The first kappa shape index (κ1) is 11.2. The molecule has 0 unspecified atom stereocenters. The summed E-state index contributed by atoms with van der Waals surface area (Å²) in [6, 6.07) is 7.32. The molecule has 0 bridgehead atoms. The van der Waals surface area contributed by atoms with E-state index in [1.807, 2.05) is 0 Å². The van der Waals surface area contributed by atoms with Crippen molar-refractivity contribution in [1.29, 1.82) is 15.8 Å². The Morgan fingerprint density at radius 3 is 2.19 bits per heavy atom. The maximum atomic E-state index is 11.0. The number of hydrogen-bond acceptors (Lipinski definition) is 6. The molecule has 76 valence electrons. The van der Waals surface area contributed by atoms with E-state index in [-0.39, 0.29) is 22.3 Å². The van der Waals surface area contributed by atoms with Gasteiger partial charge in [0.25, 0.3) is 0 Å². The van der Waals surface area contributed by atoms with Crippen molar-refractivity contribution in [3.05, 3.63) is 34.4 Å². The summed E-state index contributed by atoms with van der Waals surface area (Å²) in [5.41, 5.74) is -0.789. The van der Waals surface area contributed by atoms with E-state index < -0.39 is 5.97 Å². The molecule has 0 heterocycles. The molecular formula is C10H3N3O3. The van der Waals surface area contributed by atoms with Gasteiger partial charge in [-0.05, 0) is 12.1 Å². The van der Waals surface area contributed by atoms with Gasteiger partial charge in [0.1, 0.15) is 18.2 Å². The molecule has 0 spiro atoms. The van der Waals surface area contributed by atoms with Gasteiger partial charge in [0, 0.05) is 0 Å². The smallest absolute Gasteiger partial charge is 0.295 e. The summed E-state index contributed by atoms with van der Waals surface area (Å²) in [5.74, 6) is -1.16. The Morgan fingerprint density at radius 1 is 1.12 bits per heavy atom. The van der Waals surface area contributed by atoms with Gasteiger partial charge in [-0.2, -0.15) is 21.0 Å². The molecule has 0 amide bonds. The van der Waals surface area contributed by atoms with E-state index >= 15 is 0 Å². The lowest BCUT2D eigenvalue weighted by molar-refractivity contribution is -0.182. The monoisotopic (exact) mass is 213 g/mol. The summed E-state index contributed by atoms with van der Waals surface area (Å²) >= 11 is 0. The van der Waals surface area contributed by atoms with Gasteiger partial charge in [0.2, 0.25) is 0 Å². The highest BCUT2D eigenvalue weighted by Gasteiger charge is 2.19. The zero-order valence-electron chi connectivity index (χ0n) is 7.76. The average molecular weight is 213 g/mol. The topological polar surface area (TPSA) is 118 Å². The molecule has 1 rings (SSSR count). The number of nitriles is 3. The lowest BCUT2D eigenvalue weighted by atomic mass is 9.98. The second kappa shape index (κ2) is 4.56. The van der Waals surface area contributed by atoms with Crippen molar-refractivity contribution >= 4 is 5.97 Å². The number of nitrogens with zero attached hydrogens (tertiary/aromatic N) is 3. The van der Waals surface area contributed by atoms with Crippen LogP contribution < -0.4 is 0 Å². The lowest BCUT2D eigenvalue weighted by Gasteiger charge is -2.02. The molecule has 6 heteroatoms. The quantitative estimate of drug-likeness (QED) is 0.547. The standard InChI is InChI=1S/C10H3N3O3/c11-3-6-1-2-7(10(14)16-15)9(5-13)8(6)4-12/h1-2,15H. The minimum Gasteiger partial charge on any atom is -0.295 e. The van der Waals surface area contributed by atoms with Crippen LogP contribution in [0.3, 0.4) is 0 Å². The summed E-state index contributed by atoms with van der Waals surface area (Å²) in [6.45, 7) is 0. The van der Waals surface area contributed by atoms with E-state index in [0.29, 0.717) is 0 Å². The number of carbonyl (C=O) groups excluding carboxylic acids is 1. The lowest BCUT2D eigenvalue weighted by Crippen LogP contribution is -2.07. The molecule has 0 aliphatic heterocycles. The first-order valence-corrected chi connectivity index (χ1v) is 3.92. The van der Waals surface area contributed by atoms with Crippen LogP contribution in [-0.2, 0) is 4.89 Å². The average Bonchev–Trinajstić information content (AvgIpc) is 2.35. The second-order valence-corrected chi connectivity index (χ2v) is 2.62. The van der Waals surface area contributed by atoms with Crippen molar-refractivity contribution in [3.8, 4) is 18.2 Å². The third kappa shape index (κ3) is 1.67. The largest absolute Gasteiger partial charge is 0.374 e. The highest BCUT2D eigenvalue weighted by atomic mass is 17.1. The van der Waals surface area contributed by atoms with Crippen molar-refractivity contribution in [2.75, 3.05) is 0 Å². The Balaban J connectivity index is 3.61. The first-order valence-electron chi connectivity index (χ1n) is 3.92. The highest BCUT2D eigenvalue weighted by Crippen LogP contribution is 2.18. The van der Waals surface area contributed by atoms with Gasteiger partial charge in [-0.15, -0.1) is 0 Å². The Bertz CT molecular complexity index is 573. The van der Waals surface area contributed by atoms with Gasteiger partial charge in [0.05, 0.1) is 22.3 Å². The fraction of sp³-hybridized carbons (Fsp3) is 0. The molecule has 1 aromatic rings. The van der Waals surface area contributed by atoms with Crippen LogP contribution in [0.5, 0.6) is 0 Å². The summed E-state index contributed by atoms with van der Waals surface area (Å²) < 4.78 is 0. The van der Waals surface area contributed by atoms with Crippen LogP contribution in [0.4, 0.5) is 0 Å². The van der Waals surface area contributed by atoms with Crippen LogP contribution in [0, 0.1) is 34.0 Å². The molecule has 0 fully saturated rings. The van der Waals surface area contributed by atoms with E-state index in [9.17, 15) is 4.79 Å². The zero-order valence-corrected chi connectivity index (χ0v) is 7.76. The molecule has 1 aromatic carbocycles. The molecule has 6 nitrogen and oxygen atoms in total. The van der Waals surface area contributed by atoms with Crippen molar-refractivity contribution in [1.82, 2.24) is 0 Å². The highest BCUT2D eigenvalue weighted by molar-refractivity contribution is 5.93. The molecule has 1 N–H and O–H groups in total. The van der Waals surface area contributed by atoms with E-state index in [4.69, 9.17) is 21.0 Å². The van der Waals surface area contributed by atoms with Gasteiger partial charge in [-0.3, -0.25) is 4.89 Å². The van der Waals surface area contributed by atoms with Crippen LogP contribution in [-0.4, -0.2) is 11.2 Å². The fourth-order valence-electron chi connectivity index (χ4n) is 1.15. The van der Waals surface area contributed by atoms with Gasteiger partial charge >= 0.3 is 5.97 Å². The molecule has 0 radical (unpaired) electrons. The summed E-state index contributed by atoms with van der Waals surface area (Å²) in [5, 5.41) is 34.4. The summed E-state index contributed by atoms with van der Waals surface area (Å²) in [7, 11) is 0. The molecule has 0 aromatic heterocycles. The maximum Gasteiger partial charge on any atom is 0.374 e. The van der Waals surface area contributed by atoms with Gasteiger partial charge < -0.3 is 0 Å². The van der Waals surface area contributed by atoms with E-state index in [2.05, 4.69) is 4.89 Å². The number of benzene rings is 1. The molecule has 16 heavy (non-hydrogen) atoms. The van der Waals surface area contributed by atoms with Crippen LogP contribution in [0.1, 0.15) is 27.0 Å². The van der Waals surface area contributed by atoms with E-state index in [1.54, 1.807) is 18.2 Å². The Labute approximate surface area is 90.1 Å². The molecule has 0 aliphatic carbocycles. The predicted octanol–water partition coefficient (Wildman–Crippen LogP) is 0.931. The van der Waals surface area contributed by atoms with E-state index in [1.165, 1.54) is 6.07 Å². The molecule has 0 aliphatic rings. The normalized spacial score (nSPS) is 8.38. The number of carbonyl (C=O) groups is 1. The third-order valence-corrected chi connectivity index (χ3v) is 1.85. The van der Waals surface area contributed by atoms with Gasteiger partial charge in [0.15, 0.2) is 0 Å². The minimum atomic E-state index is -1.16. The predicted molar refractivity (Wildman–Crippen MR) is 48.6 cm³/mol. The SMILES string of the molecule is N#Cc1ccc(C(=O)OO)c(C#N)c1C#N. The van der Waals surface area contributed by atoms with Crippen LogP contribution >= 0.6 is 0 Å². The summed E-state index contributed by atoms with van der Waals surface area (Å²) in [4.78, 5) is 14.5.